The van der Waals surface area contributed by atoms with E-state index in [0.29, 0.717) is 0 Å². The summed E-state index contributed by atoms with van der Waals surface area (Å²) in [5, 5.41) is 0. The Bertz CT molecular complexity index is 65.7. The largest absolute Gasteiger partial charge is 0.294 e. The normalized spacial score (nSPS) is 27.0. The van der Waals surface area contributed by atoms with Gasteiger partial charge in [-0.15, -0.1) is 11.8 Å². The van der Waals surface area contributed by atoms with Crippen LogP contribution in [0.1, 0.15) is 27.2 Å². The molecule has 0 bridgehead atoms. The minimum Gasteiger partial charge on any atom is -0.294 e. The van der Waals surface area contributed by atoms with E-state index in [2.05, 4.69) is 18.9 Å². The molecule has 1 nitrogen and oxygen atoms in total. The summed E-state index contributed by atoms with van der Waals surface area (Å²) in [6, 6.07) is 0.816. The van der Waals surface area contributed by atoms with Gasteiger partial charge in [-0.25, -0.2) is 0 Å². The van der Waals surface area contributed by atoms with E-state index < -0.39 is 0 Å². The molecule has 0 amide bonds. The molecule has 1 rings (SSSR count). The van der Waals surface area contributed by atoms with Crippen molar-refractivity contribution in [3.63, 3.8) is 0 Å². The summed E-state index contributed by atoms with van der Waals surface area (Å²) < 4.78 is 0. The van der Waals surface area contributed by atoms with Crippen LogP contribution in [-0.2, 0) is 0 Å². The molecule has 10 heavy (non-hydrogen) atoms. The van der Waals surface area contributed by atoms with Gasteiger partial charge in [-0.1, -0.05) is 13.8 Å². The molecule has 1 aliphatic rings. The van der Waals surface area contributed by atoms with Crippen molar-refractivity contribution in [3.05, 3.63) is 0 Å². The Hall–Kier alpha value is 0.310. The Kier molecular flexibility index (Phi) is 6.24. The molecule has 0 aromatic heterocycles. The Morgan fingerprint density at radius 1 is 1.40 bits per heavy atom. The predicted molar refractivity (Wildman–Crippen MR) is 50.5 cm³/mol. The van der Waals surface area contributed by atoms with Crippen molar-refractivity contribution in [1.82, 2.24) is 4.90 Å². The van der Waals surface area contributed by atoms with Crippen molar-refractivity contribution in [2.45, 2.75) is 33.2 Å². The summed E-state index contributed by atoms with van der Waals surface area (Å²) in [5.74, 6) is 2.58. The van der Waals surface area contributed by atoms with Crippen LogP contribution in [0.3, 0.4) is 0 Å². The lowest BCUT2D eigenvalue weighted by Gasteiger charge is -2.28. The van der Waals surface area contributed by atoms with E-state index in [-0.39, 0.29) is 0 Å². The van der Waals surface area contributed by atoms with Crippen LogP contribution in [0.15, 0.2) is 0 Å². The van der Waals surface area contributed by atoms with Crippen molar-refractivity contribution >= 4 is 11.8 Å². The summed E-state index contributed by atoms with van der Waals surface area (Å²) in [5.41, 5.74) is 0. The molecule has 2 heteroatoms. The molecule has 1 fully saturated rings. The molecule has 0 radical (unpaired) electrons. The van der Waals surface area contributed by atoms with Crippen molar-refractivity contribution < 1.29 is 0 Å². The zero-order valence-corrected chi connectivity index (χ0v) is 8.37. The number of rotatable bonds is 0. The van der Waals surface area contributed by atoms with Crippen LogP contribution in [0.25, 0.3) is 0 Å². The highest BCUT2D eigenvalue weighted by Crippen LogP contribution is 2.16. The first kappa shape index (κ1) is 10.3. The summed E-state index contributed by atoms with van der Waals surface area (Å²) >= 11 is 2.03. The first-order valence-corrected chi connectivity index (χ1v) is 5.24. The molecule has 1 unspecified atom stereocenters. The highest BCUT2D eigenvalue weighted by atomic mass is 32.2. The molecule has 1 heterocycles. The van der Waals surface area contributed by atoms with Gasteiger partial charge in [0.15, 0.2) is 0 Å². The molecule has 0 aliphatic carbocycles. The Balaban J connectivity index is 0.000000371. The summed E-state index contributed by atoms with van der Waals surface area (Å²) in [6.45, 7) is 6.29. The van der Waals surface area contributed by atoms with E-state index in [0.717, 1.165) is 6.04 Å². The zero-order chi connectivity index (χ0) is 7.98. The van der Waals surface area contributed by atoms with Gasteiger partial charge < -0.3 is 0 Å². The third-order valence-corrected chi connectivity index (χ3v) is 2.84. The molecule has 0 aromatic carbocycles. The van der Waals surface area contributed by atoms with Crippen molar-refractivity contribution in [1.29, 1.82) is 0 Å². The highest BCUT2D eigenvalue weighted by molar-refractivity contribution is 7.99. The fourth-order valence-corrected chi connectivity index (χ4v) is 1.99. The average molecular weight is 161 g/mol. The summed E-state index contributed by atoms with van der Waals surface area (Å²) in [7, 11) is 2.19. The summed E-state index contributed by atoms with van der Waals surface area (Å²) in [6.07, 6.45) is 1.36. The minimum atomic E-state index is 0.816. The van der Waals surface area contributed by atoms with Crippen LogP contribution in [0.4, 0.5) is 0 Å². The maximum Gasteiger partial charge on any atom is 0.0444 e. The minimum absolute atomic E-state index is 0.816. The van der Waals surface area contributed by atoms with Gasteiger partial charge >= 0.3 is 0 Å². The van der Waals surface area contributed by atoms with Gasteiger partial charge in [0, 0.05) is 11.9 Å². The Labute approximate surface area is 69.2 Å². The maximum atomic E-state index is 2.40. The fourth-order valence-electron chi connectivity index (χ4n) is 0.810. The van der Waals surface area contributed by atoms with Crippen LogP contribution >= 0.6 is 11.8 Å². The quantitative estimate of drug-likeness (QED) is 0.537. The van der Waals surface area contributed by atoms with E-state index >= 15 is 0 Å². The van der Waals surface area contributed by atoms with Crippen LogP contribution < -0.4 is 0 Å². The maximum absolute atomic E-state index is 2.40. The van der Waals surface area contributed by atoms with E-state index in [1.165, 1.54) is 18.1 Å². The molecule has 0 aromatic rings. The lowest BCUT2D eigenvalue weighted by molar-refractivity contribution is 0.287. The third-order valence-electron chi connectivity index (χ3n) is 1.73. The Morgan fingerprint density at radius 3 is 2.30 bits per heavy atom. The molecule has 1 atom stereocenters. The lowest BCUT2D eigenvalue weighted by atomic mass is 10.2. The van der Waals surface area contributed by atoms with E-state index in [9.17, 15) is 0 Å². The van der Waals surface area contributed by atoms with Gasteiger partial charge in [-0.3, -0.25) is 4.90 Å². The number of nitrogens with zero attached hydrogens (tertiary/aromatic N) is 1. The van der Waals surface area contributed by atoms with Gasteiger partial charge in [0.2, 0.25) is 0 Å². The predicted octanol–water partition coefficient (Wildman–Crippen LogP) is 2.43. The molecular weight excluding hydrogens is 142 g/mol. The number of hydrogen-bond donors (Lipinski definition) is 0. The molecule has 0 saturated carbocycles. The molecule has 0 spiro atoms. The second kappa shape index (κ2) is 6.05. The smallest absolute Gasteiger partial charge is 0.0444 e. The third kappa shape index (κ3) is 3.47. The molecule has 1 saturated heterocycles. The number of thioether (sulfide) groups is 1. The second-order valence-corrected chi connectivity index (χ2v) is 3.51. The molecular formula is C8H19NS. The average Bonchev–Trinajstić information content (AvgIpc) is 2.00. The van der Waals surface area contributed by atoms with Gasteiger partial charge in [-0.2, -0.15) is 0 Å². The van der Waals surface area contributed by atoms with E-state index in [4.69, 9.17) is 0 Å². The van der Waals surface area contributed by atoms with Crippen molar-refractivity contribution in [3.8, 4) is 0 Å². The zero-order valence-electron chi connectivity index (χ0n) is 7.55. The standard InChI is InChI=1S/C6H13NS.C2H6/c1-6-3-4-8-5-7(6)2;1-2/h6H,3-5H2,1-2H3;1-2H3. The molecule has 0 N–H and O–H groups in total. The Morgan fingerprint density at radius 2 is 2.00 bits per heavy atom. The van der Waals surface area contributed by atoms with Crippen molar-refractivity contribution in [2.24, 2.45) is 0 Å². The highest BCUT2D eigenvalue weighted by Gasteiger charge is 2.12. The summed E-state index contributed by atoms with van der Waals surface area (Å²) in [4.78, 5) is 2.40. The monoisotopic (exact) mass is 161 g/mol. The molecule has 1 aliphatic heterocycles. The van der Waals surface area contributed by atoms with Crippen LogP contribution in [0, 0.1) is 0 Å². The van der Waals surface area contributed by atoms with Gasteiger partial charge in [0.25, 0.3) is 0 Å². The SMILES string of the molecule is CC.CC1CCSCN1C. The van der Waals surface area contributed by atoms with Crippen LogP contribution in [-0.4, -0.2) is 29.6 Å². The van der Waals surface area contributed by atoms with Crippen LogP contribution in [0.5, 0.6) is 0 Å². The first-order chi connectivity index (χ1) is 4.80. The van der Waals surface area contributed by atoms with Gasteiger partial charge in [0.1, 0.15) is 0 Å². The van der Waals surface area contributed by atoms with E-state index in [1.54, 1.807) is 0 Å². The van der Waals surface area contributed by atoms with Gasteiger partial charge in [-0.05, 0) is 26.1 Å². The second-order valence-electron chi connectivity index (χ2n) is 2.43. The van der Waals surface area contributed by atoms with Gasteiger partial charge in [0.05, 0.1) is 0 Å². The first-order valence-electron chi connectivity index (χ1n) is 4.08. The van der Waals surface area contributed by atoms with E-state index in [1.807, 2.05) is 25.6 Å². The topological polar surface area (TPSA) is 3.24 Å². The van der Waals surface area contributed by atoms with Crippen molar-refractivity contribution in [2.75, 3.05) is 18.7 Å². The fraction of sp³-hybridized carbons (Fsp3) is 1.00. The number of hydrogen-bond acceptors (Lipinski definition) is 2. The van der Waals surface area contributed by atoms with Crippen LogP contribution in [0.2, 0.25) is 0 Å². The lowest BCUT2D eigenvalue weighted by Crippen LogP contribution is -2.32. The molecule has 62 valence electrons.